The van der Waals surface area contributed by atoms with Gasteiger partial charge < -0.3 is 14.6 Å². The Morgan fingerprint density at radius 1 is 1.27 bits per heavy atom. The molecule has 0 radical (unpaired) electrons. The van der Waals surface area contributed by atoms with Crippen LogP contribution in [0.15, 0.2) is 30.6 Å². The number of hydrogen-bond acceptors (Lipinski definition) is 4. The number of ether oxygens (including phenoxy) is 1. The monoisotopic (exact) mass is 302 g/mol. The normalized spacial score (nSPS) is 11.3. The molecule has 0 fully saturated rings. The predicted octanol–water partition coefficient (Wildman–Crippen LogP) is 1.81. The number of aryl methyl sites for hydroxylation is 1. The second-order valence-corrected chi connectivity index (χ2v) is 6.20. The molecule has 0 aliphatic carbocycles. The fraction of sp³-hybridized carbons (Fsp3) is 0.438. The summed E-state index contributed by atoms with van der Waals surface area (Å²) in [5.41, 5.74) is 1.33. The van der Waals surface area contributed by atoms with E-state index in [4.69, 9.17) is 4.74 Å². The van der Waals surface area contributed by atoms with E-state index in [1.807, 2.05) is 31.3 Å². The van der Waals surface area contributed by atoms with Gasteiger partial charge in [0, 0.05) is 7.05 Å². The summed E-state index contributed by atoms with van der Waals surface area (Å²) in [4.78, 5) is 11.8. The Kier molecular flexibility index (Phi) is 4.80. The lowest BCUT2D eigenvalue weighted by Crippen LogP contribution is -2.29. The van der Waals surface area contributed by atoms with Crippen LogP contribution in [0.4, 0.5) is 0 Å². The summed E-state index contributed by atoms with van der Waals surface area (Å²) in [7, 11) is 1.83. The molecule has 0 aliphatic rings. The van der Waals surface area contributed by atoms with Gasteiger partial charge in [0.25, 0.3) is 5.91 Å². The second kappa shape index (κ2) is 6.60. The van der Waals surface area contributed by atoms with Crippen molar-refractivity contribution in [2.45, 2.75) is 32.7 Å². The van der Waals surface area contributed by atoms with Gasteiger partial charge in [-0.2, -0.15) is 0 Å². The highest BCUT2D eigenvalue weighted by Gasteiger charge is 2.13. The third-order valence-electron chi connectivity index (χ3n) is 3.34. The maximum atomic E-state index is 11.8. The standard InChI is InChI=1S/C16H22N4O2/c1-16(2,3)12-5-7-13(8-6-12)22-10-15(21)17-9-14-19-18-11-20(14)4/h5-8,11H,9-10H2,1-4H3,(H,17,21). The largest absolute Gasteiger partial charge is 0.484 e. The van der Waals surface area contributed by atoms with Crippen LogP contribution >= 0.6 is 0 Å². The smallest absolute Gasteiger partial charge is 0.258 e. The van der Waals surface area contributed by atoms with Crippen molar-refractivity contribution < 1.29 is 9.53 Å². The summed E-state index contributed by atoms with van der Waals surface area (Å²) < 4.78 is 7.24. The Balaban J connectivity index is 1.80. The van der Waals surface area contributed by atoms with E-state index in [0.717, 1.165) is 0 Å². The van der Waals surface area contributed by atoms with E-state index < -0.39 is 0 Å². The number of carbonyl (C=O) groups excluding carboxylic acids is 1. The van der Waals surface area contributed by atoms with Crippen LogP contribution in [0.3, 0.4) is 0 Å². The number of nitrogens with one attached hydrogen (secondary N) is 1. The Bertz CT molecular complexity index is 626. The summed E-state index contributed by atoms with van der Waals surface area (Å²) in [6, 6.07) is 7.81. The summed E-state index contributed by atoms with van der Waals surface area (Å²) in [6.45, 7) is 6.78. The third kappa shape index (κ3) is 4.31. The molecule has 1 aromatic heterocycles. The Labute approximate surface area is 130 Å². The zero-order chi connectivity index (χ0) is 16.2. The first-order valence-electron chi connectivity index (χ1n) is 7.19. The molecule has 1 amide bonds. The molecule has 0 aliphatic heterocycles. The molecule has 1 N–H and O–H groups in total. The summed E-state index contributed by atoms with van der Waals surface area (Å²) in [5, 5.41) is 10.4. The maximum absolute atomic E-state index is 11.8. The zero-order valence-electron chi connectivity index (χ0n) is 13.5. The number of rotatable bonds is 5. The molecule has 6 heteroatoms. The van der Waals surface area contributed by atoms with Crippen molar-refractivity contribution in [2.24, 2.45) is 7.05 Å². The number of nitrogens with zero attached hydrogens (tertiary/aromatic N) is 3. The first-order chi connectivity index (χ1) is 10.4. The highest BCUT2D eigenvalue weighted by Crippen LogP contribution is 2.24. The van der Waals surface area contributed by atoms with Crippen LogP contribution in [0.25, 0.3) is 0 Å². The number of carbonyl (C=O) groups is 1. The van der Waals surface area contributed by atoms with E-state index in [2.05, 4.69) is 36.3 Å². The van der Waals surface area contributed by atoms with Crippen molar-refractivity contribution in [3.63, 3.8) is 0 Å². The van der Waals surface area contributed by atoms with E-state index in [0.29, 0.717) is 18.1 Å². The first-order valence-corrected chi connectivity index (χ1v) is 7.19. The minimum Gasteiger partial charge on any atom is -0.484 e. The molecule has 2 aromatic rings. The number of benzene rings is 1. The van der Waals surface area contributed by atoms with Crippen LogP contribution in [0.1, 0.15) is 32.2 Å². The number of hydrogen-bond donors (Lipinski definition) is 1. The zero-order valence-corrected chi connectivity index (χ0v) is 13.5. The third-order valence-corrected chi connectivity index (χ3v) is 3.34. The Hall–Kier alpha value is -2.37. The van der Waals surface area contributed by atoms with E-state index >= 15 is 0 Å². The van der Waals surface area contributed by atoms with Crippen molar-refractivity contribution >= 4 is 5.91 Å². The van der Waals surface area contributed by atoms with Crippen LogP contribution in [0.5, 0.6) is 5.75 Å². The second-order valence-electron chi connectivity index (χ2n) is 6.20. The van der Waals surface area contributed by atoms with Crippen molar-refractivity contribution in [3.8, 4) is 5.75 Å². The Morgan fingerprint density at radius 2 is 1.95 bits per heavy atom. The lowest BCUT2D eigenvalue weighted by molar-refractivity contribution is -0.123. The molecule has 0 unspecified atom stereocenters. The average Bonchev–Trinajstić information content (AvgIpc) is 2.88. The van der Waals surface area contributed by atoms with Gasteiger partial charge >= 0.3 is 0 Å². The van der Waals surface area contributed by atoms with Gasteiger partial charge in [-0.05, 0) is 23.1 Å². The average molecular weight is 302 g/mol. The SMILES string of the molecule is Cn1cnnc1CNC(=O)COc1ccc(C(C)(C)C)cc1. The van der Waals surface area contributed by atoms with Crippen molar-refractivity contribution in [1.29, 1.82) is 0 Å². The molecule has 0 spiro atoms. The molecule has 22 heavy (non-hydrogen) atoms. The van der Waals surface area contributed by atoms with Crippen LogP contribution in [-0.4, -0.2) is 27.3 Å². The molecule has 0 atom stereocenters. The molecule has 0 saturated heterocycles. The maximum Gasteiger partial charge on any atom is 0.258 e. The van der Waals surface area contributed by atoms with Crippen molar-refractivity contribution in [1.82, 2.24) is 20.1 Å². The quantitative estimate of drug-likeness (QED) is 0.914. The van der Waals surface area contributed by atoms with Crippen LogP contribution < -0.4 is 10.1 Å². The minimum atomic E-state index is -0.192. The summed E-state index contributed by atoms with van der Waals surface area (Å²) in [6.07, 6.45) is 1.59. The van der Waals surface area contributed by atoms with Crippen LogP contribution in [0.2, 0.25) is 0 Å². The highest BCUT2D eigenvalue weighted by molar-refractivity contribution is 5.77. The molecule has 6 nitrogen and oxygen atoms in total. The van der Waals surface area contributed by atoms with Crippen LogP contribution in [0, 0.1) is 0 Å². The highest BCUT2D eigenvalue weighted by atomic mass is 16.5. The molecule has 1 heterocycles. The van der Waals surface area contributed by atoms with Gasteiger partial charge in [0.2, 0.25) is 0 Å². The van der Waals surface area contributed by atoms with Gasteiger partial charge in [-0.3, -0.25) is 4.79 Å². The predicted molar refractivity (Wildman–Crippen MR) is 83.5 cm³/mol. The molecule has 0 bridgehead atoms. The molecular weight excluding hydrogens is 280 g/mol. The van der Waals surface area contributed by atoms with E-state index in [1.54, 1.807) is 10.9 Å². The molecular formula is C16H22N4O2. The van der Waals surface area contributed by atoms with Crippen molar-refractivity contribution in [3.05, 3.63) is 42.0 Å². The van der Waals surface area contributed by atoms with Crippen molar-refractivity contribution in [2.75, 3.05) is 6.61 Å². The number of aromatic nitrogens is 3. The Morgan fingerprint density at radius 3 is 2.50 bits per heavy atom. The minimum absolute atomic E-state index is 0.0211. The van der Waals surface area contributed by atoms with Gasteiger partial charge in [0.1, 0.15) is 12.1 Å². The van der Waals surface area contributed by atoms with Gasteiger partial charge in [-0.1, -0.05) is 32.9 Å². The molecule has 1 aromatic carbocycles. The fourth-order valence-corrected chi connectivity index (χ4v) is 1.90. The lowest BCUT2D eigenvalue weighted by Gasteiger charge is -2.19. The van der Waals surface area contributed by atoms with Crippen LogP contribution in [-0.2, 0) is 23.8 Å². The lowest BCUT2D eigenvalue weighted by atomic mass is 9.87. The molecule has 118 valence electrons. The topological polar surface area (TPSA) is 69.0 Å². The van der Waals surface area contributed by atoms with E-state index in [9.17, 15) is 4.79 Å². The first kappa shape index (κ1) is 16.0. The van der Waals surface area contributed by atoms with E-state index in [-0.39, 0.29) is 17.9 Å². The fourth-order valence-electron chi connectivity index (χ4n) is 1.90. The van der Waals surface area contributed by atoms with E-state index in [1.165, 1.54) is 5.56 Å². The van der Waals surface area contributed by atoms with Gasteiger partial charge in [0.05, 0.1) is 6.54 Å². The van der Waals surface area contributed by atoms with Gasteiger partial charge in [0.15, 0.2) is 12.4 Å². The number of amides is 1. The van der Waals surface area contributed by atoms with Gasteiger partial charge in [-0.15, -0.1) is 10.2 Å². The molecule has 2 rings (SSSR count). The summed E-state index contributed by atoms with van der Waals surface area (Å²) >= 11 is 0. The summed E-state index contributed by atoms with van der Waals surface area (Å²) in [5.74, 6) is 1.19. The van der Waals surface area contributed by atoms with Gasteiger partial charge in [-0.25, -0.2) is 0 Å². The molecule has 0 saturated carbocycles.